The van der Waals surface area contributed by atoms with E-state index >= 15 is 0 Å². The highest BCUT2D eigenvalue weighted by molar-refractivity contribution is 6.35. The lowest BCUT2D eigenvalue weighted by molar-refractivity contribution is -0.139. The molecule has 0 heterocycles. The first kappa shape index (κ1) is 20.5. The average molecular weight is 393 g/mol. The van der Waals surface area contributed by atoms with Crippen LogP contribution in [0.2, 0.25) is 5.02 Å². The standard InChI is InChI=1S/C19H21ClN2O5/c1-26-16-8-5-13(9-17(16)27-2)15(23)11-22-19(25)18(24)21-10-12-3-6-14(20)7-4-12/h3-9,15,23H,10-11H2,1-2H3,(H,21,24)(H,22,25). The SMILES string of the molecule is COc1ccc(C(O)CNC(=O)C(=O)NCc2ccc(Cl)cc2)cc1OC. The number of benzene rings is 2. The summed E-state index contributed by atoms with van der Waals surface area (Å²) in [5.74, 6) is -0.631. The minimum Gasteiger partial charge on any atom is -0.493 e. The third-order valence-electron chi connectivity index (χ3n) is 3.82. The van der Waals surface area contributed by atoms with E-state index in [9.17, 15) is 14.7 Å². The van der Waals surface area contributed by atoms with Crippen LogP contribution in [0.4, 0.5) is 0 Å². The summed E-state index contributed by atoms with van der Waals surface area (Å²) in [4.78, 5) is 23.7. The minimum atomic E-state index is -1.00. The fourth-order valence-electron chi connectivity index (χ4n) is 2.31. The van der Waals surface area contributed by atoms with E-state index in [0.717, 1.165) is 5.56 Å². The average Bonchev–Trinajstić information content (AvgIpc) is 2.70. The maximum atomic E-state index is 11.9. The number of aliphatic hydroxyl groups excluding tert-OH is 1. The predicted molar refractivity (Wildman–Crippen MR) is 101 cm³/mol. The van der Waals surface area contributed by atoms with Crippen molar-refractivity contribution in [1.29, 1.82) is 0 Å². The van der Waals surface area contributed by atoms with E-state index in [1.807, 2.05) is 0 Å². The molecule has 2 aromatic carbocycles. The van der Waals surface area contributed by atoms with Crippen molar-refractivity contribution in [1.82, 2.24) is 10.6 Å². The van der Waals surface area contributed by atoms with Crippen molar-refractivity contribution < 1.29 is 24.2 Å². The normalized spacial score (nSPS) is 11.4. The van der Waals surface area contributed by atoms with Crippen LogP contribution in [-0.2, 0) is 16.1 Å². The molecule has 0 aromatic heterocycles. The molecule has 0 saturated heterocycles. The third kappa shape index (κ3) is 5.87. The van der Waals surface area contributed by atoms with Gasteiger partial charge in [-0.3, -0.25) is 9.59 Å². The molecule has 0 bridgehead atoms. The molecule has 2 amide bonds. The lowest BCUT2D eigenvalue weighted by Crippen LogP contribution is -2.41. The first-order valence-electron chi connectivity index (χ1n) is 8.15. The van der Waals surface area contributed by atoms with E-state index in [1.165, 1.54) is 14.2 Å². The molecule has 3 N–H and O–H groups in total. The maximum absolute atomic E-state index is 11.9. The Kier molecular flexibility index (Phi) is 7.45. The summed E-state index contributed by atoms with van der Waals surface area (Å²) < 4.78 is 10.3. The first-order valence-corrected chi connectivity index (χ1v) is 8.53. The number of carbonyl (C=O) groups is 2. The van der Waals surface area contributed by atoms with E-state index in [1.54, 1.807) is 42.5 Å². The van der Waals surface area contributed by atoms with Gasteiger partial charge in [0.2, 0.25) is 0 Å². The zero-order valence-corrected chi connectivity index (χ0v) is 15.7. The van der Waals surface area contributed by atoms with E-state index in [-0.39, 0.29) is 13.1 Å². The highest BCUT2D eigenvalue weighted by atomic mass is 35.5. The number of ether oxygens (including phenoxy) is 2. The van der Waals surface area contributed by atoms with Crippen LogP contribution in [0.15, 0.2) is 42.5 Å². The molecule has 1 unspecified atom stereocenters. The Hall–Kier alpha value is -2.77. The quantitative estimate of drug-likeness (QED) is 0.624. The number of aliphatic hydroxyl groups is 1. The van der Waals surface area contributed by atoms with Gasteiger partial charge in [-0.25, -0.2) is 0 Å². The van der Waals surface area contributed by atoms with Gasteiger partial charge in [-0.15, -0.1) is 0 Å². The smallest absolute Gasteiger partial charge is 0.309 e. The van der Waals surface area contributed by atoms with Crippen molar-refractivity contribution in [2.45, 2.75) is 12.6 Å². The molecule has 1 atom stereocenters. The molecule has 144 valence electrons. The Morgan fingerprint density at radius 3 is 2.26 bits per heavy atom. The fourth-order valence-corrected chi connectivity index (χ4v) is 2.44. The molecule has 0 saturated carbocycles. The van der Waals surface area contributed by atoms with Crippen molar-refractivity contribution in [3.63, 3.8) is 0 Å². The Morgan fingerprint density at radius 2 is 1.63 bits per heavy atom. The molecule has 0 radical (unpaired) electrons. The van der Waals surface area contributed by atoms with Crippen molar-refractivity contribution in [3.05, 3.63) is 58.6 Å². The molecule has 27 heavy (non-hydrogen) atoms. The van der Waals surface area contributed by atoms with Gasteiger partial charge in [0, 0.05) is 18.1 Å². The second-order valence-corrected chi connectivity index (χ2v) is 6.09. The number of rotatable bonds is 7. The highest BCUT2D eigenvalue weighted by Gasteiger charge is 2.17. The zero-order chi connectivity index (χ0) is 19.8. The Labute approximate surface area is 162 Å². The first-order chi connectivity index (χ1) is 12.9. The minimum absolute atomic E-state index is 0.122. The molecule has 0 fully saturated rings. The summed E-state index contributed by atoms with van der Waals surface area (Å²) in [5.41, 5.74) is 1.33. The topological polar surface area (TPSA) is 96.9 Å². The molecular weight excluding hydrogens is 372 g/mol. The molecule has 8 heteroatoms. The Morgan fingerprint density at radius 1 is 1.00 bits per heavy atom. The summed E-state index contributed by atoms with van der Waals surface area (Å²) >= 11 is 5.79. The lowest BCUT2D eigenvalue weighted by atomic mass is 10.1. The van der Waals surface area contributed by atoms with Gasteiger partial charge < -0.3 is 25.2 Å². The summed E-state index contributed by atoms with van der Waals surface area (Å²) in [6.45, 7) is 0.0737. The molecule has 0 aliphatic rings. The number of methoxy groups -OCH3 is 2. The van der Waals surface area contributed by atoms with Crippen LogP contribution in [0.1, 0.15) is 17.2 Å². The predicted octanol–water partition coefficient (Wildman–Crippen LogP) is 1.82. The van der Waals surface area contributed by atoms with Crippen molar-refractivity contribution in [3.8, 4) is 11.5 Å². The van der Waals surface area contributed by atoms with E-state index in [0.29, 0.717) is 22.1 Å². The molecule has 2 aromatic rings. The summed E-state index contributed by atoms with van der Waals surface area (Å²) in [5, 5.41) is 15.7. The number of hydrogen-bond donors (Lipinski definition) is 3. The Bertz CT molecular complexity index is 795. The lowest BCUT2D eigenvalue weighted by Gasteiger charge is -2.15. The number of amides is 2. The van der Waals surface area contributed by atoms with Gasteiger partial charge in [0.1, 0.15) is 0 Å². The van der Waals surface area contributed by atoms with Gasteiger partial charge in [-0.1, -0.05) is 29.8 Å². The van der Waals surface area contributed by atoms with Crippen LogP contribution < -0.4 is 20.1 Å². The maximum Gasteiger partial charge on any atom is 0.309 e. The van der Waals surface area contributed by atoms with Crippen LogP contribution in [0, 0.1) is 0 Å². The highest BCUT2D eigenvalue weighted by Crippen LogP contribution is 2.29. The van der Waals surface area contributed by atoms with Gasteiger partial charge >= 0.3 is 11.8 Å². The second kappa shape index (κ2) is 9.80. The largest absolute Gasteiger partial charge is 0.493 e. The van der Waals surface area contributed by atoms with Crippen molar-refractivity contribution >= 4 is 23.4 Å². The molecule has 7 nitrogen and oxygen atoms in total. The van der Waals surface area contributed by atoms with Gasteiger partial charge in [0.05, 0.1) is 20.3 Å². The van der Waals surface area contributed by atoms with Gasteiger partial charge in [0.15, 0.2) is 11.5 Å². The van der Waals surface area contributed by atoms with Crippen LogP contribution in [-0.4, -0.2) is 37.7 Å². The van der Waals surface area contributed by atoms with Gasteiger partial charge in [-0.05, 0) is 35.4 Å². The van der Waals surface area contributed by atoms with Gasteiger partial charge in [-0.2, -0.15) is 0 Å². The molecule has 2 rings (SSSR count). The van der Waals surface area contributed by atoms with Gasteiger partial charge in [0.25, 0.3) is 0 Å². The molecule has 0 aliphatic carbocycles. The van der Waals surface area contributed by atoms with Crippen molar-refractivity contribution in [2.24, 2.45) is 0 Å². The van der Waals surface area contributed by atoms with E-state index < -0.39 is 17.9 Å². The second-order valence-electron chi connectivity index (χ2n) is 5.65. The van der Waals surface area contributed by atoms with E-state index in [4.69, 9.17) is 21.1 Å². The molecule has 0 aliphatic heterocycles. The number of halogens is 1. The molecular formula is C19H21ClN2O5. The monoisotopic (exact) mass is 392 g/mol. The van der Waals surface area contributed by atoms with Crippen LogP contribution in [0.3, 0.4) is 0 Å². The van der Waals surface area contributed by atoms with Crippen LogP contribution in [0.5, 0.6) is 11.5 Å². The number of nitrogens with one attached hydrogen (secondary N) is 2. The van der Waals surface area contributed by atoms with E-state index in [2.05, 4.69) is 10.6 Å². The number of hydrogen-bond acceptors (Lipinski definition) is 5. The zero-order valence-electron chi connectivity index (χ0n) is 15.0. The number of carbonyl (C=O) groups excluding carboxylic acids is 2. The summed E-state index contributed by atoms with van der Waals surface area (Å²) in [6, 6.07) is 11.8. The summed E-state index contributed by atoms with van der Waals surface area (Å²) in [6.07, 6.45) is -1.00. The third-order valence-corrected chi connectivity index (χ3v) is 4.07. The Balaban J connectivity index is 1.84. The fraction of sp³-hybridized carbons (Fsp3) is 0.263. The van der Waals surface area contributed by atoms with Crippen molar-refractivity contribution in [2.75, 3.05) is 20.8 Å². The molecule has 0 spiro atoms. The van der Waals surface area contributed by atoms with Crippen LogP contribution >= 0.6 is 11.6 Å². The summed E-state index contributed by atoms with van der Waals surface area (Å²) in [7, 11) is 3.00. The van der Waals surface area contributed by atoms with Crippen LogP contribution in [0.25, 0.3) is 0 Å².